The van der Waals surface area contributed by atoms with Crippen molar-refractivity contribution < 1.29 is 8.83 Å². The van der Waals surface area contributed by atoms with Gasteiger partial charge in [0.1, 0.15) is 22.3 Å². The topological polar surface area (TPSA) is 26.3 Å². The number of rotatable bonds is 0. The molecular formula is C64H80O2S2. The second-order valence-electron chi connectivity index (χ2n) is 12.4. The van der Waals surface area contributed by atoms with Crippen molar-refractivity contribution in [2.75, 3.05) is 0 Å². The van der Waals surface area contributed by atoms with Crippen LogP contribution < -0.4 is 0 Å². The first kappa shape index (κ1) is 59.8. The summed E-state index contributed by atoms with van der Waals surface area (Å²) in [7, 11) is 0. The molecule has 0 saturated carbocycles. The molecule has 0 aliphatic heterocycles. The van der Waals surface area contributed by atoms with Crippen LogP contribution in [0.1, 0.15) is 111 Å². The number of para-hydroxylation sites is 4. The zero-order valence-electron chi connectivity index (χ0n) is 44.1. The van der Waals surface area contributed by atoms with Crippen molar-refractivity contribution in [3.8, 4) is 0 Å². The Bertz CT molecular complexity index is 2480. The molecule has 0 unspecified atom stereocenters. The summed E-state index contributed by atoms with van der Waals surface area (Å²) in [5, 5.41) is 10.3. The van der Waals surface area contributed by atoms with E-state index >= 15 is 0 Å². The molecule has 0 aliphatic rings. The Morgan fingerprint density at radius 2 is 0.338 bits per heavy atom. The molecular weight excluding hydrogens is 865 g/mol. The van der Waals surface area contributed by atoms with Gasteiger partial charge in [0.2, 0.25) is 0 Å². The molecule has 0 N–H and O–H groups in total. The van der Waals surface area contributed by atoms with Crippen LogP contribution in [0.3, 0.4) is 0 Å². The van der Waals surface area contributed by atoms with Gasteiger partial charge >= 0.3 is 0 Å². The Hall–Kier alpha value is -6.20. The first-order valence-corrected chi connectivity index (χ1v) is 26.9. The molecule has 360 valence electrons. The predicted molar refractivity (Wildman–Crippen MR) is 317 cm³/mol. The van der Waals surface area contributed by atoms with Gasteiger partial charge in [-0.05, 0) is 48.5 Å². The first-order valence-electron chi connectivity index (χ1n) is 25.3. The van der Waals surface area contributed by atoms with E-state index in [0.29, 0.717) is 0 Å². The zero-order chi connectivity index (χ0) is 50.7. The normalized spacial score (nSPS) is 9.18. The first-order chi connectivity index (χ1) is 33.8. The van der Waals surface area contributed by atoms with Crippen molar-refractivity contribution in [1.82, 2.24) is 0 Å². The van der Waals surface area contributed by atoms with Gasteiger partial charge in [-0.2, -0.15) is 0 Å². The van der Waals surface area contributed by atoms with Crippen LogP contribution in [0.4, 0.5) is 0 Å². The molecule has 12 rings (SSSR count). The fraction of sp³-hybridized carbons (Fsp3) is 0.250. The van der Waals surface area contributed by atoms with Gasteiger partial charge < -0.3 is 8.83 Å². The molecule has 0 aliphatic carbocycles. The minimum absolute atomic E-state index is 0.962. The summed E-state index contributed by atoms with van der Waals surface area (Å²) < 4.78 is 16.8. The molecule has 0 fully saturated rings. The maximum Gasteiger partial charge on any atom is 0.135 e. The van der Waals surface area contributed by atoms with Crippen LogP contribution in [0, 0.1) is 0 Å². The Labute approximate surface area is 418 Å². The van der Waals surface area contributed by atoms with E-state index in [9.17, 15) is 0 Å². The third-order valence-corrected chi connectivity index (χ3v) is 11.4. The second kappa shape index (κ2) is 35.9. The maximum absolute atomic E-state index is 5.65. The Morgan fingerprint density at radius 1 is 0.191 bits per heavy atom. The van der Waals surface area contributed by atoms with E-state index in [2.05, 4.69) is 121 Å². The highest BCUT2D eigenvalue weighted by Crippen LogP contribution is 2.34. The van der Waals surface area contributed by atoms with Crippen molar-refractivity contribution in [3.05, 3.63) is 194 Å². The highest BCUT2D eigenvalue weighted by molar-refractivity contribution is 7.26. The maximum atomic E-state index is 5.65. The number of fused-ring (bicyclic) bond motifs is 12. The molecule has 0 atom stereocenters. The number of hydrogen-bond donors (Lipinski definition) is 0. The van der Waals surface area contributed by atoms with Crippen LogP contribution in [-0.4, -0.2) is 0 Å². The van der Waals surface area contributed by atoms with Crippen LogP contribution in [0.25, 0.3) is 84.2 Å². The number of benzene rings is 8. The van der Waals surface area contributed by atoms with Gasteiger partial charge in [-0.3, -0.25) is 0 Å². The van der Waals surface area contributed by atoms with Crippen molar-refractivity contribution >= 4 is 107 Å². The number of furan rings is 2. The molecule has 0 saturated heterocycles. The number of hydrogen-bond acceptors (Lipinski definition) is 4. The van der Waals surface area contributed by atoms with E-state index in [4.69, 9.17) is 8.83 Å². The monoisotopic (exact) mass is 945 g/mol. The summed E-state index contributed by atoms with van der Waals surface area (Å²) in [4.78, 5) is 0. The van der Waals surface area contributed by atoms with Crippen LogP contribution in [0.5, 0.6) is 0 Å². The van der Waals surface area contributed by atoms with Crippen molar-refractivity contribution in [2.24, 2.45) is 0 Å². The molecule has 4 aromatic heterocycles. The average molecular weight is 945 g/mol. The lowest BCUT2D eigenvalue weighted by atomic mass is 10.2. The summed E-state index contributed by atoms with van der Waals surface area (Å²) >= 11 is 3.72. The summed E-state index contributed by atoms with van der Waals surface area (Å²) in [6.45, 7) is 32.0. The lowest BCUT2D eigenvalue weighted by molar-refractivity contribution is 0.668. The molecule has 0 amide bonds. The molecule has 0 spiro atoms. The summed E-state index contributed by atoms with van der Waals surface area (Å²) in [5.74, 6) is 0. The minimum atomic E-state index is 0.962. The fourth-order valence-electron chi connectivity index (χ4n) is 6.70. The van der Waals surface area contributed by atoms with Gasteiger partial charge in [0.15, 0.2) is 0 Å². The Kier molecular flexibility index (Phi) is 31.6. The largest absolute Gasteiger partial charge is 0.456 e. The Balaban J connectivity index is 0.000000412. The van der Waals surface area contributed by atoms with E-state index in [1.165, 1.54) is 61.9 Å². The van der Waals surface area contributed by atoms with E-state index in [0.717, 1.165) is 22.3 Å². The van der Waals surface area contributed by atoms with Gasteiger partial charge in [-0.1, -0.05) is 256 Å². The number of thiophene rings is 2. The van der Waals surface area contributed by atoms with Crippen LogP contribution in [0.2, 0.25) is 0 Å². The molecule has 0 bridgehead atoms. The average Bonchev–Trinajstić information content (AvgIpc) is 4.24. The van der Waals surface area contributed by atoms with Crippen molar-refractivity contribution in [3.63, 3.8) is 0 Å². The van der Waals surface area contributed by atoms with E-state index < -0.39 is 0 Å². The molecule has 12 aromatic rings. The fourth-order valence-corrected chi connectivity index (χ4v) is 8.91. The van der Waals surface area contributed by atoms with Gasteiger partial charge in [0.25, 0.3) is 0 Å². The lowest BCUT2D eigenvalue weighted by Crippen LogP contribution is -1.62. The SMILES string of the molecule is CC.CC.CC.CC.CC.CC.CC.CC.c1ccc2c(c1)oc1ccccc12.c1ccc2c(c1)oc1ccccc12.c1ccc2c(c1)sc1ccccc12.c1ccc2c(c1)sc1ccccc12. The minimum Gasteiger partial charge on any atom is -0.456 e. The molecule has 4 heterocycles. The highest BCUT2D eigenvalue weighted by atomic mass is 32.1. The zero-order valence-corrected chi connectivity index (χ0v) is 45.7. The molecule has 68 heavy (non-hydrogen) atoms. The quantitative estimate of drug-likeness (QED) is 0.151. The van der Waals surface area contributed by atoms with E-state index in [-0.39, 0.29) is 0 Å². The molecule has 2 nitrogen and oxygen atoms in total. The molecule has 4 heteroatoms. The van der Waals surface area contributed by atoms with Crippen LogP contribution >= 0.6 is 22.7 Å². The standard InChI is InChI=1S/2C12H8O.2C12H8S.8C2H6/c4*1-3-7-11-9(5-1)10-6-2-4-8-12(10)13-11;8*1-2/h4*1-8H;8*1-2H3. The van der Waals surface area contributed by atoms with Gasteiger partial charge in [-0.25, -0.2) is 0 Å². The van der Waals surface area contributed by atoms with Crippen LogP contribution in [-0.2, 0) is 0 Å². The predicted octanol–water partition coefficient (Wildman–Crippen LogP) is 23.5. The highest BCUT2D eigenvalue weighted by Gasteiger charge is 2.05. The van der Waals surface area contributed by atoms with E-state index in [1.54, 1.807) is 0 Å². The van der Waals surface area contributed by atoms with E-state index in [1.807, 2.05) is 206 Å². The van der Waals surface area contributed by atoms with Crippen molar-refractivity contribution in [2.45, 2.75) is 111 Å². The van der Waals surface area contributed by atoms with Gasteiger partial charge in [0, 0.05) is 61.9 Å². The molecule has 0 radical (unpaired) electrons. The summed E-state index contributed by atoms with van der Waals surface area (Å²) in [5.41, 5.74) is 3.85. The Morgan fingerprint density at radius 3 is 0.529 bits per heavy atom. The summed E-state index contributed by atoms with van der Waals surface area (Å²) in [6.07, 6.45) is 0. The van der Waals surface area contributed by atoms with Crippen LogP contribution in [0.15, 0.2) is 203 Å². The van der Waals surface area contributed by atoms with Gasteiger partial charge in [0.05, 0.1) is 0 Å². The second-order valence-corrected chi connectivity index (χ2v) is 14.5. The summed E-state index contributed by atoms with van der Waals surface area (Å²) in [6, 6.07) is 66.7. The van der Waals surface area contributed by atoms with Gasteiger partial charge in [-0.15, -0.1) is 22.7 Å². The third kappa shape index (κ3) is 16.0. The third-order valence-electron chi connectivity index (χ3n) is 9.14. The smallest absolute Gasteiger partial charge is 0.135 e. The lowest BCUT2D eigenvalue weighted by Gasteiger charge is -1.88. The van der Waals surface area contributed by atoms with Crippen molar-refractivity contribution in [1.29, 1.82) is 0 Å². The molecule has 8 aromatic carbocycles.